The summed E-state index contributed by atoms with van der Waals surface area (Å²) in [5, 5.41) is 12.2. The lowest BCUT2D eigenvalue weighted by molar-refractivity contribution is -0.0431. The van der Waals surface area contributed by atoms with Crippen molar-refractivity contribution < 1.29 is 9.84 Å². The van der Waals surface area contributed by atoms with Gasteiger partial charge < -0.3 is 9.84 Å². The Kier molecular flexibility index (Phi) is 2.56. The molecule has 0 radical (unpaired) electrons. The molecule has 3 rings (SSSR count). The molecule has 1 aliphatic heterocycles. The predicted octanol–water partition coefficient (Wildman–Crippen LogP) is 4.09. The lowest BCUT2D eigenvalue weighted by Gasteiger charge is -2.28. The van der Waals surface area contributed by atoms with Crippen LogP contribution in [0.25, 0.3) is 10.8 Å². The standard InChI is InChI=1S/C16H18O2/c1-3-16(4-2)15-11(10-18-16)9-14(17)12-7-5-6-8-13(12)15/h5-9,17H,3-4,10H2,1-2H3. The highest BCUT2D eigenvalue weighted by atomic mass is 16.5. The molecule has 18 heavy (non-hydrogen) atoms. The van der Waals surface area contributed by atoms with Crippen molar-refractivity contribution in [2.45, 2.75) is 38.9 Å². The molecule has 2 nitrogen and oxygen atoms in total. The number of aromatic hydroxyl groups is 1. The first-order valence-corrected chi connectivity index (χ1v) is 6.60. The van der Waals surface area contributed by atoms with Crippen molar-refractivity contribution in [3.05, 3.63) is 41.5 Å². The SMILES string of the molecule is CCC1(CC)OCc2cc(O)c3ccccc3c21. The minimum absolute atomic E-state index is 0.178. The molecular formula is C16H18O2. The third-order valence-corrected chi connectivity index (χ3v) is 4.21. The first kappa shape index (κ1) is 11.5. The Morgan fingerprint density at radius 3 is 2.50 bits per heavy atom. The zero-order valence-electron chi connectivity index (χ0n) is 10.9. The molecule has 0 atom stereocenters. The van der Waals surface area contributed by atoms with Crippen molar-refractivity contribution in [3.8, 4) is 5.75 Å². The summed E-state index contributed by atoms with van der Waals surface area (Å²) in [5.74, 6) is 0.357. The van der Waals surface area contributed by atoms with E-state index in [4.69, 9.17) is 4.74 Å². The largest absolute Gasteiger partial charge is 0.507 e. The Morgan fingerprint density at radius 1 is 1.17 bits per heavy atom. The number of hydrogen-bond acceptors (Lipinski definition) is 2. The van der Waals surface area contributed by atoms with E-state index in [1.165, 1.54) is 5.56 Å². The number of ether oxygens (including phenoxy) is 1. The molecular weight excluding hydrogens is 224 g/mol. The van der Waals surface area contributed by atoms with Crippen LogP contribution in [0.5, 0.6) is 5.75 Å². The average molecular weight is 242 g/mol. The van der Waals surface area contributed by atoms with Crippen molar-refractivity contribution in [1.29, 1.82) is 0 Å². The Bertz CT molecular complexity index is 597. The molecule has 1 aliphatic rings. The van der Waals surface area contributed by atoms with E-state index >= 15 is 0 Å². The first-order valence-electron chi connectivity index (χ1n) is 6.60. The second-order valence-electron chi connectivity index (χ2n) is 4.97. The van der Waals surface area contributed by atoms with E-state index in [-0.39, 0.29) is 5.60 Å². The summed E-state index contributed by atoms with van der Waals surface area (Å²) >= 11 is 0. The van der Waals surface area contributed by atoms with E-state index in [9.17, 15) is 5.11 Å². The number of phenolic OH excluding ortho intramolecular Hbond substituents is 1. The molecule has 0 fully saturated rings. The average Bonchev–Trinajstić information content (AvgIpc) is 2.78. The molecule has 0 bridgehead atoms. The molecule has 0 saturated heterocycles. The van der Waals surface area contributed by atoms with E-state index in [0.717, 1.165) is 29.2 Å². The smallest absolute Gasteiger partial charge is 0.123 e. The lowest BCUT2D eigenvalue weighted by Crippen LogP contribution is -2.23. The van der Waals surface area contributed by atoms with Crippen LogP contribution in [0.2, 0.25) is 0 Å². The topological polar surface area (TPSA) is 29.5 Å². The highest BCUT2D eigenvalue weighted by Gasteiger charge is 2.38. The normalized spacial score (nSPS) is 17.0. The summed E-state index contributed by atoms with van der Waals surface area (Å²) in [6.45, 7) is 4.94. The number of fused-ring (bicyclic) bond motifs is 3. The predicted molar refractivity (Wildman–Crippen MR) is 72.7 cm³/mol. The highest BCUT2D eigenvalue weighted by molar-refractivity contribution is 5.92. The third kappa shape index (κ3) is 1.39. The molecule has 94 valence electrons. The van der Waals surface area contributed by atoms with E-state index in [2.05, 4.69) is 19.9 Å². The van der Waals surface area contributed by atoms with Gasteiger partial charge in [-0.1, -0.05) is 38.1 Å². The van der Waals surface area contributed by atoms with Crippen LogP contribution in [0.15, 0.2) is 30.3 Å². The van der Waals surface area contributed by atoms with Gasteiger partial charge in [0.25, 0.3) is 0 Å². The van der Waals surface area contributed by atoms with Crippen LogP contribution in [0.1, 0.15) is 37.8 Å². The monoisotopic (exact) mass is 242 g/mol. The third-order valence-electron chi connectivity index (χ3n) is 4.21. The highest BCUT2D eigenvalue weighted by Crippen LogP contribution is 2.47. The van der Waals surface area contributed by atoms with Gasteiger partial charge in [-0.3, -0.25) is 0 Å². The van der Waals surface area contributed by atoms with Crippen LogP contribution in [-0.2, 0) is 16.9 Å². The van der Waals surface area contributed by atoms with Crippen molar-refractivity contribution in [2.75, 3.05) is 0 Å². The summed E-state index contributed by atoms with van der Waals surface area (Å²) in [7, 11) is 0. The van der Waals surface area contributed by atoms with Gasteiger partial charge in [0.1, 0.15) is 5.75 Å². The second-order valence-corrected chi connectivity index (χ2v) is 4.97. The van der Waals surface area contributed by atoms with Crippen LogP contribution in [0.4, 0.5) is 0 Å². The van der Waals surface area contributed by atoms with Crippen LogP contribution in [0.3, 0.4) is 0 Å². The van der Waals surface area contributed by atoms with Crippen LogP contribution in [-0.4, -0.2) is 5.11 Å². The molecule has 0 aliphatic carbocycles. The molecule has 0 amide bonds. The molecule has 0 saturated carbocycles. The Labute approximate surface area is 107 Å². The maximum atomic E-state index is 10.1. The number of benzene rings is 2. The summed E-state index contributed by atoms with van der Waals surface area (Å²) in [6, 6.07) is 9.91. The van der Waals surface area contributed by atoms with Gasteiger partial charge in [-0.05, 0) is 35.4 Å². The quantitative estimate of drug-likeness (QED) is 0.859. The summed E-state index contributed by atoms with van der Waals surface area (Å²) < 4.78 is 6.06. The molecule has 0 unspecified atom stereocenters. The van der Waals surface area contributed by atoms with Crippen molar-refractivity contribution >= 4 is 10.8 Å². The maximum Gasteiger partial charge on any atom is 0.123 e. The number of hydrogen-bond donors (Lipinski definition) is 1. The second kappa shape index (κ2) is 3.99. The van der Waals surface area contributed by atoms with E-state index in [0.29, 0.717) is 12.4 Å². The fourth-order valence-corrected chi connectivity index (χ4v) is 3.16. The van der Waals surface area contributed by atoms with Crippen molar-refractivity contribution in [3.63, 3.8) is 0 Å². The lowest BCUT2D eigenvalue weighted by atomic mass is 9.84. The fraction of sp³-hybridized carbons (Fsp3) is 0.375. The fourth-order valence-electron chi connectivity index (χ4n) is 3.16. The van der Waals surface area contributed by atoms with Crippen LogP contribution >= 0.6 is 0 Å². The van der Waals surface area contributed by atoms with E-state index in [1.54, 1.807) is 0 Å². The van der Waals surface area contributed by atoms with Gasteiger partial charge in [0.05, 0.1) is 12.2 Å². The summed E-state index contributed by atoms with van der Waals surface area (Å²) in [5.41, 5.74) is 2.23. The van der Waals surface area contributed by atoms with Gasteiger partial charge in [0.15, 0.2) is 0 Å². The molecule has 1 N–H and O–H groups in total. The van der Waals surface area contributed by atoms with Crippen LogP contribution in [0, 0.1) is 0 Å². The number of rotatable bonds is 2. The maximum absolute atomic E-state index is 10.1. The Balaban J connectivity index is 2.39. The molecule has 2 aromatic rings. The number of phenols is 1. The molecule has 2 heteroatoms. The summed E-state index contributed by atoms with van der Waals surface area (Å²) in [4.78, 5) is 0. The minimum atomic E-state index is -0.178. The van der Waals surface area contributed by atoms with Gasteiger partial charge >= 0.3 is 0 Å². The minimum Gasteiger partial charge on any atom is -0.507 e. The first-order chi connectivity index (χ1) is 8.72. The Morgan fingerprint density at radius 2 is 1.83 bits per heavy atom. The van der Waals surface area contributed by atoms with E-state index < -0.39 is 0 Å². The molecule has 0 spiro atoms. The van der Waals surface area contributed by atoms with Gasteiger partial charge in [-0.2, -0.15) is 0 Å². The summed E-state index contributed by atoms with van der Waals surface area (Å²) in [6.07, 6.45) is 1.93. The molecule has 2 aromatic carbocycles. The van der Waals surface area contributed by atoms with Gasteiger partial charge in [-0.25, -0.2) is 0 Å². The van der Waals surface area contributed by atoms with Crippen molar-refractivity contribution in [1.82, 2.24) is 0 Å². The van der Waals surface area contributed by atoms with Gasteiger partial charge in [0.2, 0.25) is 0 Å². The Hall–Kier alpha value is -1.54. The zero-order chi connectivity index (χ0) is 12.8. The van der Waals surface area contributed by atoms with Crippen LogP contribution < -0.4 is 0 Å². The zero-order valence-corrected chi connectivity index (χ0v) is 10.9. The molecule has 0 aromatic heterocycles. The molecule has 1 heterocycles. The van der Waals surface area contributed by atoms with E-state index in [1.807, 2.05) is 24.3 Å². The van der Waals surface area contributed by atoms with Crippen molar-refractivity contribution in [2.24, 2.45) is 0 Å². The van der Waals surface area contributed by atoms with Gasteiger partial charge in [0, 0.05) is 5.39 Å². The van der Waals surface area contributed by atoms with Gasteiger partial charge in [-0.15, -0.1) is 0 Å².